The third-order valence-corrected chi connectivity index (χ3v) is 4.55. The standard InChI is InChI=1S/C16H20N6/c1-11-7-16(18-10-17-11)21(2)13-8-22(9-13)15-6-5-14(19-20-15)12-3-4-12/h5-7,10,12-13H,3-4,8-9H2,1-2H3. The van der Waals surface area contributed by atoms with E-state index in [1.165, 1.54) is 12.8 Å². The first-order valence-electron chi connectivity index (χ1n) is 7.81. The Labute approximate surface area is 130 Å². The Balaban J connectivity index is 1.38. The van der Waals surface area contributed by atoms with Crippen LogP contribution in [0, 0.1) is 6.92 Å². The lowest BCUT2D eigenvalue weighted by Crippen LogP contribution is -2.59. The molecule has 0 atom stereocenters. The number of aryl methyl sites for hydroxylation is 1. The maximum Gasteiger partial charge on any atom is 0.151 e. The molecule has 0 unspecified atom stereocenters. The van der Waals surface area contributed by atoms with Crippen LogP contribution in [0.25, 0.3) is 0 Å². The van der Waals surface area contributed by atoms with E-state index in [9.17, 15) is 0 Å². The second-order valence-electron chi connectivity index (χ2n) is 6.28. The van der Waals surface area contributed by atoms with E-state index >= 15 is 0 Å². The molecule has 4 rings (SSSR count). The van der Waals surface area contributed by atoms with Crippen LogP contribution in [0.2, 0.25) is 0 Å². The molecule has 1 aliphatic carbocycles. The van der Waals surface area contributed by atoms with Gasteiger partial charge in [0.2, 0.25) is 0 Å². The summed E-state index contributed by atoms with van der Waals surface area (Å²) in [7, 11) is 2.09. The van der Waals surface area contributed by atoms with Gasteiger partial charge in [-0.3, -0.25) is 0 Å². The van der Waals surface area contributed by atoms with Crippen molar-refractivity contribution in [3.8, 4) is 0 Å². The molecule has 2 aliphatic rings. The number of likely N-dealkylation sites (N-methyl/N-ethyl adjacent to an activating group) is 1. The van der Waals surface area contributed by atoms with Crippen molar-refractivity contribution in [1.29, 1.82) is 0 Å². The molecule has 0 radical (unpaired) electrons. The molecule has 3 heterocycles. The lowest BCUT2D eigenvalue weighted by Gasteiger charge is -2.44. The van der Waals surface area contributed by atoms with Gasteiger partial charge >= 0.3 is 0 Å². The van der Waals surface area contributed by atoms with E-state index in [1.54, 1.807) is 6.33 Å². The van der Waals surface area contributed by atoms with Gasteiger partial charge < -0.3 is 9.80 Å². The summed E-state index contributed by atoms with van der Waals surface area (Å²) >= 11 is 0. The van der Waals surface area contributed by atoms with Crippen LogP contribution >= 0.6 is 0 Å². The second kappa shape index (κ2) is 5.19. The number of aromatic nitrogens is 4. The van der Waals surface area contributed by atoms with Crippen LogP contribution in [0.15, 0.2) is 24.5 Å². The van der Waals surface area contributed by atoms with Crippen molar-refractivity contribution in [1.82, 2.24) is 20.2 Å². The largest absolute Gasteiger partial charge is 0.353 e. The molecule has 1 aliphatic heterocycles. The predicted octanol–water partition coefficient (Wildman–Crippen LogP) is 1.78. The van der Waals surface area contributed by atoms with Gasteiger partial charge in [-0.15, -0.1) is 5.10 Å². The van der Waals surface area contributed by atoms with Gasteiger partial charge in [0.15, 0.2) is 5.82 Å². The molecule has 0 N–H and O–H groups in total. The fourth-order valence-corrected chi connectivity index (χ4v) is 2.81. The van der Waals surface area contributed by atoms with Crippen LogP contribution in [-0.4, -0.2) is 46.3 Å². The Morgan fingerprint density at radius 1 is 1.14 bits per heavy atom. The van der Waals surface area contributed by atoms with E-state index in [4.69, 9.17) is 0 Å². The van der Waals surface area contributed by atoms with E-state index < -0.39 is 0 Å². The molecular formula is C16H20N6. The first-order valence-corrected chi connectivity index (χ1v) is 7.81. The van der Waals surface area contributed by atoms with Gasteiger partial charge in [0.25, 0.3) is 0 Å². The summed E-state index contributed by atoms with van der Waals surface area (Å²) in [6.45, 7) is 3.90. The smallest absolute Gasteiger partial charge is 0.151 e. The predicted molar refractivity (Wildman–Crippen MR) is 85.2 cm³/mol. The topological polar surface area (TPSA) is 58.0 Å². The molecule has 114 valence electrons. The minimum Gasteiger partial charge on any atom is -0.353 e. The van der Waals surface area contributed by atoms with Gasteiger partial charge in [-0.05, 0) is 31.9 Å². The highest BCUT2D eigenvalue weighted by Gasteiger charge is 2.32. The molecule has 1 saturated carbocycles. The molecule has 22 heavy (non-hydrogen) atoms. The van der Waals surface area contributed by atoms with Crippen molar-refractivity contribution in [3.63, 3.8) is 0 Å². The average Bonchev–Trinajstić information content (AvgIpc) is 3.31. The molecule has 2 aromatic rings. The molecule has 0 bridgehead atoms. The van der Waals surface area contributed by atoms with Crippen LogP contribution in [0.4, 0.5) is 11.6 Å². The van der Waals surface area contributed by atoms with Crippen LogP contribution in [0.5, 0.6) is 0 Å². The van der Waals surface area contributed by atoms with Gasteiger partial charge in [-0.2, -0.15) is 5.10 Å². The quantitative estimate of drug-likeness (QED) is 0.857. The lowest BCUT2D eigenvalue weighted by molar-refractivity contribution is 0.487. The fraction of sp³-hybridized carbons (Fsp3) is 0.500. The maximum atomic E-state index is 4.37. The van der Waals surface area contributed by atoms with E-state index in [0.29, 0.717) is 12.0 Å². The number of rotatable bonds is 4. The highest BCUT2D eigenvalue weighted by atomic mass is 15.4. The zero-order chi connectivity index (χ0) is 15.1. The third kappa shape index (κ3) is 2.49. The average molecular weight is 296 g/mol. The molecule has 0 amide bonds. The van der Waals surface area contributed by atoms with Crippen molar-refractivity contribution in [3.05, 3.63) is 35.9 Å². The summed E-state index contributed by atoms with van der Waals surface area (Å²) < 4.78 is 0. The molecule has 0 aromatic carbocycles. The Morgan fingerprint density at radius 3 is 2.59 bits per heavy atom. The molecule has 2 fully saturated rings. The molecule has 2 aromatic heterocycles. The maximum absolute atomic E-state index is 4.37. The van der Waals surface area contributed by atoms with Gasteiger partial charge in [-0.25, -0.2) is 9.97 Å². The zero-order valence-electron chi connectivity index (χ0n) is 13.0. The summed E-state index contributed by atoms with van der Waals surface area (Å²) in [5.74, 6) is 2.62. The van der Waals surface area contributed by atoms with Gasteiger partial charge in [0.1, 0.15) is 12.1 Å². The minimum atomic E-state index is 0.458. The number of anilines is 2. The van der Waals surface area contributed by atoms with Crippen molar-refractivity contribution >= 4 is 11.6 Å². The van der Waals surface area contributed by atoms with Crippen LogP contribution in [0.1, 0.15) is 30.1 Å². The van der Waals surface area contributed by atoms with Crippen LogP contribution < -0.4 is 9.80 Å². The molecule has 6 heteroatoms. The van der Waals surface area contributed by atoms with Crippen molar-refractivity contribution in [2.75, 3.05) is 29.9 Å². The summed E-state index contributed by atoms with van der Waals surface area (Å²) in [5, 5.41) is 8.73. The fourth-order valence-electron chi connectivity index (χ4n) is 2.81. The zero-order valence-corrected chi connectivity index (χ0v) is 13.0. The molecule has 1 saturated heterocycles. The third-order valence-electron chi connectivity index (χ3n) is 4.55. The summed E-state index contributed by atoms with van der Waals surface area (Å²) in [6.07, 6.45) is 4.16. The highest BCUT2D eigenvalue weighted by molar-refractivity contribution is 5.47. The summed E-state index contributed by atoms with van der Waals surface area (Å²) in [4.78, 5) is 13.0. The molecule has 0 spiro atoms. The van der Waals surface area contributed by atoms with Crippen LogP contribution in [-0.2, 0) is 0 Å². The van der Waals surface area contributed by atoms with Crippen molar-refractivity contribution < 1.29 is 0 Å². The Morgan fingerprint density at radius 2 is 1.95 bits per heavy atom. The van der Waals surface area contributed by atoms with Crippen LogP contribution in [0.3, 0.4) is 0 Å². The van der Waals surface area contributed by atoms with Gasteiger partial charge in [0, 0.05) is 37.8 Å². The number of hydrogen-bond donors (Lipinski definition) is 0. The normalized spacial score (nSPS) is 18.2. The monoisotopic (exact) mass is 296 g/mol. The summed E-state index contributed by atoms with van der Waals surface area (Å²) in [6, 6.07) is 6.71. The minimum absolute atomic E-state index is 0.458. The Bertz CT molecular complexity index is 661. The van der Waals surface area contributed by atoms with E-state index in [0.717, 1.165) is 36.1 Å². The number of hydrogen-bond acceptors (Lipinski definition) is 6. The van der Waals surface area contributed by atoms with E-state index in [2.05, 4.69) is 49.1 Å². The second-order valence-corrected chi connectivity index (χ2v) is 6.28. The lowest BCUT2D eigenvalue weighted by atomic mass is 10.1. The first-order chi connectivity index (χ1) is 10.7. The molecule has 6 nitrogen and oxygen atoms in total. The van der Waals surface area contributed by atoms with Gasteiger partial charge in [0.05, 0.1) is 11.7 Å². The number of nitrogens with zero attached hydrogens (tertiary/aromatic N) is 6. The first kappa shape index (κ1) is 13.4. The van der Waals surface area contributed by atoms with Crippen molar-refractivity contribution in [2.24, 2.45) is 0 Å². The SMILES string of the molecule is Cc1cc(N(C)C2CN(c3ccc(C4CC4)nn3)C2)ncn1. The van der Waals surface area contributed by atoms with E-state index in [1.807, 2.05) is 13.0 Å². The highest BCUT2D eigenvalue weighted by Crippen LogP contribution is 2.38. The molecular weight excluding hydrogens is 276 g/mol. The van der Waals surface area contributed by atoms with E-state index in [-0.39, 0.29) is 0 Å². The summed E-state index contributed by atoms with van der Waals surface area (Å²) in [5.41, 5.74) is 2.14. The Kier molecular flexibility index (Phi) is 3.17. The Hall–Kier alpha value is -2.24. The van der Waals surface area contributed by atoms with Gasteiger partial charge in [-0.1, -0.05) is 0 Å². The van der Waals surface area contributed by atoms with Crippen molar-refractivity contribution in [2.45, 2.75) is 31.7 Å².